The Balaban J connectivity index is 1.89. The minimum atomic E-state index is -3.56. The maximum atomic E-state index is 11.7. The Bertz CT molecular complexity index is 1650. The van der Waals surface area contributed by atoms with Crippen LogP contribution in [0.4, 0.5) is 0 Å². The fourth-order valence-corrected chi connectivity index (χ4v) is 10.5. The molecule has 3 N–H and O–H groups in total. The third-order valence-electron chi connectivity index (χ3n) is 8.38. The summed E-state index contributed by atoms with van der Waals surface area (Å²) in [5, 5.41) is 33.0. The van der Waals surface area contributed by atoms with Gasteiger partial charge in [-0.15, -0.1) is 0 Å². The van der Waals surface area contributed by atoms with Gasteiger partial charge in [0.25, 0.3) is 0 Å². The SMILES string of the molecule is COCP(COC)(COC)(COC)Oc1c(Cc2cc(C)ccc2O)cccc1Cc1cc(C)cc(Cc2cc(C)ccc2O)c1O. The van der Waals surface area contributed by atoms with Gasteiger partial charge in [-0.25, -0.2) is 0 Å². The number of aromatic hydroxyl groups is 3. The van der Waals surface area contributed by atoms with E-state index in [1.807, 2.05) is 75.4 Å². The third-order valence-corrected chi connectivity index (χ3v) is 12.7. The van der Waals surface area contributed by atoms with Gasteiger partial charge in [-0.2, -0.15) is 0 Å². The number of benzene rings is 4. The molecule has 0 unspecified atom stereocenters. The number of ether oxygens (including phenoxy) is 4. The first-order valence-corrected chi connectivity index (χ1v) is 18.5. The Kier molecular flexibility index (Phi) is 11.9. The summed E-state index contributed by atoms with van der Waals surface area (Å²) in [5.41, 5.74) is 7.71. The number of phenolic OH excluding ortho intramolecular Hbond substituents is 3. The number of phenols is 3. The molecule has 9 heteroatoms. The molecule has 0 heterocycles. The van der Waals surface area contributed by atoms with E-state index in [0.29, 0.717) is 25.0 Å². The average molecular weight is 665 g/mol. The van der Waals surface area contributed by atoms with Crippen LogP contribution in [0.2, 0.25) is 0 Å². The number of hydrogen-bond acceptors (Lipinski definition) is 8. The second-order valence-electron chi connectivity index (χ2n) is 12.8. The molecule has 0 amide bonds. The van der Waals surface area contributed by atoms with Crippen molar-refractivity contribution in [3.63, 3.8) is 0 Å². The van der Waals surface area contributed by atoms with Crippen molar-refractivity contribution in [2.75, 3.05) is 53.8 Å². The Morgan fingerprint density at radius 2 is 0.872 bits per heavy atom. The zero-order valence-electron chi connectivity index (χ0n) is 28.6. The van der Waals surface area contributed by atoms with Crippen LogP contribution in [0.5, 0.6) is 23.0 Å². The molecule has 4 rings (SSSR count). The number of aryl methyl sites for hydroxylation is 3. The summed E-state index contributed by atoms with van der Waals surface area (Å²) in [6.45, 7) is 2.41. The number of para-hydroxylation sites is 1. The van der Waals surface area contributed by atoms with Crippen LogP contribution in [-0.2, 0) is 38.2 Å². The number of hydrogen-bond donors (Lipinski definition) is 3. The van der Waals surface area contributed by atoms with Crippen molar-refractivity contribution in [1.82, 2.24) is 0 Å². The van der Waals surface area contributed by atoms with E-state index in [4.69, 9.17) is 23.5 Å². The van der Waals surface area contributed by atoms with Gasteiger partial charge in [-0.1, -0.05) is 0 Å². The van der Waals surface area contributed by atoms with Crippen molar-refractivity contribution in [3.05, 3.63) is 117 Å². The minimum absolute atomic E-state index is 0.171. The zero-order chi connectivity index (χ0) is 34.2. The second kappa shape index (κ2) is 15.5. The van der Waals surface area contributed by atoms with Crippen molar-refractivity contribution in [2.24, 2.45) is 0 Å². The molecule has 4 aromatic rings. The summed E-state index contributed by atoms with van der Waals surface area (Å²) in [6, 6.07) is 20.9. The molecule has 0 aliphatic heterocycles. The van der Waals surface area contributed by atoms with E-state index >= 15 is 0 Å². The first kappa shape index (κ1) is 36.2. The predicted molar refractivity (Wildman–Crippen MR) is 188 cm³/mol. The van der Waals surface area contributed by atoms with Gasteiger partial charge in [-0.05, 0) is 0 Å². The molecule has 0 bridgehead atoms. The van der Waals surface area contributed by atoms with E-state index in [1.54, 1.807) is 40.6 Å². The maximum absolute atomic E-state index is 11.7. The van der Waals surface area contributed by atoms with Gasteiger partial charge >= 0.3 is 279 Å². The molecular formula is C38H49O8P. The van der Waals surface area contributed by atoms with Gasteiger partial charge in [0.15, 0.2) is 0 Å². The molecule has 0 aliphatic rings. The van der Waals surface area contributed by atoms with E-state index in [0.717, 1.165) is 50.1 Å². The second-order valence-corrected chi connectivity index (χ2v) is 17.7. The normalized spacial score (nSPS) is 12.5. The average Bonchev–Trinajstić information content (AvgIpc) is 3.01. The van der Waals surface area contributed by atoms with Crippen LogP contribution < -0.4 is 4.52 Å². The summed E-state index contributed by atoms with van der Waals surface area (Å²) in [5.74, 6) is 1.18. The topological polar surface area (TPSA) is 107 Å². The predicted octanol–water partition coefficient (Wildman–Crippen LogP) is 7.76. The van der Waals surface area contributed by atoms with Crippen LogP contribution in [0.25, 0.3) is 0 Å². The van der Waals surface area contributed by atoms with Gasteiger partial charge in [0.1, 0.15) is 0 Å². The number of methoxy groups -OCH3 is 4. The van der Waals surface area contributed by atoms with Crippen molar-refractivity contribution < 1.29 is 38.8 Å². The standard InChI is InChI=1S/C38H49O8P/c1-26-11-13-35(39)31(15-26)19-29-9-8-10-30(38(29)46-47(22-42-4,23-43-5,24-44-6)25-45-7)20-33-17-28(3)18-34(37(33)41)21-32-16-27(2)12-14-36(32)40/h8-18,39-41H,19-25H2,1-7H3. The van der Waals surface area contributed by atoms with Crippen LogP contribution in [0, 0.1) is 20.8 Å². The van der Waals surface area contributed by atoms with Crippen molar-refractivity contribution >= 4 is 6.83 Å². The first-order valence-electron chi connectivity index (χ1n) is 15.6. The fraction of sp³-hybridized carbons (Fsp3) is 0.368. The molecule has 8 nitrogen and oxygen atoms in total. The van der Waals surface area contributed by atoms with E-state index < -0.39 is 6.83 Å². The molecule has 0 saturated carbocycles. The fourth-order valence-electron chi connectivity index (χ4n) is 6.46. The zero-order valence-corrected chi connectivity index (χ0v) is 29.5. The summed E-state index contributed by atoms with van der Waals surface area (Å²) in [7, 11) is 6.51. The van der Waals surface area contributed by atoms with Gasteiger partial charge in [0.2, 0.25) is 0 Å². The summed E-state index contributed by atoms with van der Waals surface area (Å²) in [4.78, 5) is 0. The quantitative estimate of drug-likeness (QED) is 0.104. The van der Waals surface area contributed by atoms with Crippen molar-refractivity contribution in [2.45, 2.75) is 40.0 Å². The van der Waals surface area contributed by atoms with Crippen LogP contribution in [-0.4, -0.2) is 69.2 Å². The third kappa shape index (κ3) is 8.45. The van der Waals surface area contributed by atoms with Crippen LogP contribution >= 0.6 is 6.83 Å². The summed E-state index contributed by atoms with van der Waals surface area (Å²) < 4.78 is 30.5. The molecule has 0 saturated heterocycles. The summed E-state index contributed by atoms with van der Waals surface area (Å²) >= 11 is 0. The molecule has 0 spiro atoms. The molecule has 0 fully saturated rings. The van der Waals surface area contributed by atoms with E-state index in [9.17, 15) is 15.3 Å². The van der Waals surface area contributed by atoms with Crippen LogP contribution in [0.1, 0.15) is 50.1 Å². The van der Waals surface area contributed by atoms with E-state index in [-0.39, 0.29) is 42.6 Å². The van der Waals surface area contributed by atoms with Gasteiger partial charge in [0.05, 0.1) is 0 Å². The monoisotopic (exact) mass is 664 g/mol. The Morgan fingerprint density at radius 3 is 1.30 bits per heavy atom. The Labute approximate surface area is 278 Å². The van der Waals surface area contributed by atoms with Crippen LogP contribution in [0.15, 0.2) is 66.7 Å². The van der Waals surface area contributed by atoms with Crippen molar-refractivity contribution in [3.8, 4) is 23.0 Å². The molecular weight excluding hydrogens is 615 g/mol. The first-order chi connectivity index (χ1) is 22.4. The molecule has 0 radical (unpaired) electrons. The molecule has 0 atom stereocenters. The Morgan fingerprint density at radius 1 is 0.489 bits per heavy atom. The molecule has 0 aromatic heterocycles. The van der Waals surface area contributed by atoms with Crippen molar-refractivity contribution in [1.29, 1.82) is 0 Å². The van der Waals surface area contributed by atoms with Gasteiger partial charge in [0, 0.05) is 0 Å². The number of rotatable bonds is 16. The Hall–Kier alpha value is -3.65. The molecule has 47 heavy (non-hydrogen) atoms. The molecule has 254 valence electrons. The van der Waals surface area contributed by atoms with Gasteiger partial charge in [-0.3, -0.25) is 0 Å². The van der Waals surface area contributed by atoms with Crippen LogP contribution in [0.3, 0.4) is 0 Å². The summed E-state index contributed by atoms with van der Waals surface area (Å²) in [6.07, 6.45) is 2.05. The molecule has 4 aromatic carbocycles. The van der Waals surface area contributed by atoms with E-state index in [2.05, 4.69) is 0 Å². The van der Waals surface area contributed by atoms with E-state index in [1.165, 1.54) is 0 Å². The van der Waals surface area contributed by atoms with Gasteiger partial charge < -0.3 is 0 Å². The molecule has 0 aliphatic carbocycles.